The summed E-state index contributed by atoms with van der Waals surface area (Å²) in [6.45, 7) is 0. The van der Waals surface area contributed by atoms with E-state index in [9.17, 15) is 22.4 Å². The van der Waals surface area contributed by atoms with Crippen molar-refractivity contribution in [2.24, 2.45) is 0 Å². The van der Waals surface area contributed by atoms with Crippen LogP contribution in [0.4, 0.5) is 22.7 Å². The van der Waals surface area contributed by atoms with Gasteiger partial charge in [0.1, 0.15) is 11.6 Å². The summed E-state index contributed by atoms with van der Waals surface area (Å²) in [5.74, 6) is -1.93. The average Bonchev–Trinajstić information content (AvgIpc) is 3.14. The number of aromatic nitrogens is 1. The van der Waals surface area contributed by atoms with Crippen molar-refractivity contribution < 1.29 is 27.1 Å². The number of para-hydroxylation sites is 1. The molecule has 0 saturated carbocycles. The Kier molecular flexibility index (Phi) is 5.13. The number of carbonyl (C=O) groups excluding carboxylic acids is 1. The molecule has 27 heavy (non-hydrogen) atoms. The first-order valence-electron chi connectivity index (χ1n) is 7.58. The quantitative estimate of drug-likeness (QED) is 0.575. The highest BCUT2D eigenvalue weighted by Crippen LogP contribution is 2.34. The molecule has 0 aliphatic carbocycles. The van der Waals surface area contributed by atoms with Crippen LogP contribution in [0, 0.1) is 5.82 Å². The van der Waals surface area contributed by atoms with Gasteiger partial charge in [-0.15, -0.1) is 24.5 Å². The first-order valence-corrected chi connectivity index (χ1v) is 8.46. The second-order valence-electron chi connectivity index (χ2n) is 5.42. The van der Waals surface area contributed by atoms with Crippen LogP contribution in [0.5, 0.6) is 5.75 Å². The Bertz CT molecular complexity index is 958. The van der Waals surface area contributed by atoms with Crippen molar-refractivity contribution >= 4 is 22.4 Å². The van der Waals surface area contributed by atoms with Crippen LogP contribution in [0.3, 0.4) is 0 Å². The van der Waals surface area contributed by atoms with Gasteiger partial charge >= 0.3 is 6.36 Å². The average molecular weight is 396 g/mol. The van der Waals surface area contributed by atoms with Crippen molar-refractivity contribution in [1.29, 1.82) is 0 Å². The molecule has 0 radical (unpaired) electrons. The number of alkyl halides is 3. The van der Waals surface area contributed by atoms with Gasteiger partial charge in [0.15, 0.2) is 5.13 Å². The molecule has 0 fully saturated rings. The number of benzene rings is 2. The van der Waals surface area contributed by atoms with Gasteiger partial charge in [-0.3, -0.25) is 9.69 Å². The number of amides is 1. The van der Waals surface area contributed by atoms with Crippen molar-refractivity contribution in [3.8, 4) is 16.9 Å². The number of anilines is 1. The van der Waals surface area contributed by atoms with E-state index in [0.29, 0.717) is 5.13 Å². The number of rotatable bonds is 4. The SMILES string of the molecule is CN(C(=O)c1ccc(-c2ccccc2OC(F)(F)F)cc1F)c1nccs1. The minimum absolute atomic E-state index is 0.0565. The molecule has 0 aliphatic rings. The van der Waals surface area contributed by atoms with E-state index in [-0.39, 0.29) is 16.7 Å². The number of hydrogen-bond donors (Lipinski definition) is 0. The minimum Gasteiger partial charge on any atom is -0.405 e. The zero-order valence-electron chi connectivity index (χ0n) is 13.8. The molecule has 4 nitrogen and oxygen atoms in total. The molecule has 3 aromatic rings. The fourth-order valence-corrected chi connectivity index (χ4v) is 3.03. The monoisotopic (exact) mass is 396 g/mol. The summed E-state index contributed by atoms with van der Waals surface area (Å²) in [5.41, 5.74) is -0.00697. The van der Waals surface area contributed by atoms with E-state index >= 15 is 0 Å². The molecule has 1 aromatic heterocycles. The fraction of sp³-hybridized carbons (Fsp3) is 0.111. The van der Waals surface area contributed by atoms with Crippen molar-refractivity contribution in [2.45, 2.75) is 6.36 Å². The van der Waals surface area contributed by atoms with Gasteiger partial charge in [-0.05, 0) is 23.8 Å². The predicted molar refractivity (Wildman–Crippen MR) is 93.4 cm³/mol. The maximum atomic E-state index is 14.5. The van der Waals surface area contributed by atoms with E-state index in [1.807, 2.05) is 0 Å². The molecular formula is C18H12F4N2O2S. The van der Waals surface area contributed by atoms with E-state index in [2.05, 4.69) is 9.72 Å². The molecule has 0 atom stereocenters. The van der Waals surface area contributed by atoms with Crippen molar-refractivity contribution in [2.75, 3.05) is 11.9 Å². The number of carbonyl (C=O) groups is 1. The Hall–Kier alpha value is -2.94. The molecule has 0 spiro atoms. The molecule has 0 bridgehead atoms. The normalized spacial score (nSPS) is 11.3. The fourth-order valence-electron chi connectivity index (χ4n) is 2.42. The number of thiazole rings is 1. The first-order chi connectivity index (χ1) is 12.8. The highest BCUT2D eigenvalue weighted by molar-refractivity contribution is 7.13. The van der Waals surface area contributed by atoms with Gasteiger partial charge in [0, 0.05) is 24.2 Å². The summed E-state index contributed by atoms with van der Waals surface area (Å²) in [7, 11) is 1.46. The second-order valence-corrected chi connectivity index (χ2v) is 6.29. The lowest BCUT2D eigenvalue weighted by atomic mass is 10.0. The summed E-state index contributed by atoms with van der Waals surface area (Å²) >= 11 is 1.22. The number of halogens is 4. The van der Waals surface area contributed by atoms with Crippen LogP contribution in [0.2, 0.25) is 0 Å². The second kappa shape index (κ2) is 7.36. The topological polar surface area (TPSA) is 42.4 Å². The first kappa shape index (κ1) is 18.8. The van der Waals surface area contributed by atoms with Crippen LogP contribution >= 0.6 is 11.3 Å². The van der Waals surface area contributed by atoms with Crippen molar-refractivity contribution in [3.05, 3.63) is 65.4 Å². The predicted octanol–water partition coefficient (Wildman–Crippen LogP) is 5.12. The van der Waals surface area contributed by atoms with Crippen LogP contribution < -0.4 is 9.64 Å². The van der Waals surface area contributed by atoms with Gasteiger partial charge in [0.05, 0.1) is 5.56 Å². The van der Waals surface area contributed by atoms with Crippen LogP contribution in [0.15, 0.2) is 54.0 Å². The smallest absolute Gasteiger partial charge is 0.405 e. The Morgan fingerprint density at radius 1 is 1.19 bits per heavy atom. The van der Waals surface area contributed by atoms with Gasteiger partial charge in [0.25, 0.3) is 5.91 Å². The maximum absolute atomic E-state index is 14.5. The zero-order valence-corrected chi connectivity index (χ0v) is 14.6. The Balaban J connectivity index is 1.93. The van der Waals surface area contributed by atoms with Gasteiger partial charge in [0.2, 0.25) is 0 Å². The molecule has 0 saturated heterocycles. The van der Waals surface area contributed by atoms with E-state index in [4.69, 9.17) is 0 Å². The lowest BCUT2D eigenvalue weighted by Gasteiger charge is -2.16. The zero-order chi connectivity index (χ0) is 19.6. The molecule has 2 aromatic carbocycles. The van der Waals surface area contributed by atoms with Crippen molar-refractivity contribution in [1.82, 2.24) is 4.98 Å². The molecule has 0 aliphatic heterocycles. The van der Waals surface area contributed by atoms with E-state index in [1.165, 1.54) is 59.8 Å². The van der Waals surface area contributed by atoms with E-state index < -0.39 is 23.8 Å². The summed E-state index contributed by atoms with van der Waals surface area (Å²) < 4.78 is 56.2. The maximum Gasteiger partial charge on any atom is 0.573 e. The molecule has 140 valence electrons. The third-order valence-corrected chi connectivity index (χ3v) is 4.48. The number of ether oxygens (including phenoxy) is 1. The van der Waals surface area contributed by atoms with Gasteiger partial charge in [-0.2, -0.15) is 0 Å². The third kappa shape index (κ3) is 4.25. The molecule has 0 unspecified atom stereocenters. The molecular weight excluding hydrogens is 384 g/mol. The van der Waals surface area contributed by atoms with Gasteiger partial charge in [-0.25, -0.2) is 9.37 Å². The molecule has 9 heteroatoms. The van der Waals surface area contributed by atoms with Crippen molar-refractivity contribution in [3.63, 3.8) is 0 Å². The Labute approximate surface area is 155 Å². The summed E-state index contributed by atoms with van der Waals surface area (Å²) in [6.07, 6.45) is -3.36. The summed E-state index contributed by atoms with van der Waals surface area (Å²) in [4.78, 5) is 17.6. The highest BCUT2D eigenvalue weighted by atomic mass is 32.1. The van der Waals surface area contributed by atoms with Gasteiger partial charge < -0.3 is 4.74 Å². The Morgan fingerprint density at radius 3 is 2.56 bits per heavy atom. The molecule has 0 N–H and O–H groups in total. The Morgan fingerprint density at radius 2 is 1.93 bits per heavy atom. The summed E-state index contributed by atoms with van der Waals surface area (Å²) in [6, 6.07) is 8.98. The lowest BCUT2D eigenvalue weighted by molar-refractivity contribution is -0.274. The molecule has 1 heterocycles. The molecule has 1 amide bonds. The highest BCUT2D eigenvalue weighted by Gasteiger charge is 2.32. The standard InChI is InChI=1S/C18H12F4N2O2S/c1-24(17-23-8-9-27-17)16(25)13-7-6-11(10-14(13)19)12-4-2-3-5-15(12)26-18(20,21)22/h2-10H,1H3. The molecule has 3 rings (SSSR count). The van der Waals surface area contributed by atoms with Crippen LogP contribution in [-0.2, 0) is 0 Å². The van der Waals surface area contributed by atoms with Crippen LogP contribution in [0.25, 0.3) is 11.1 Å². The minimum atomic E-state index is -4.87. The van der Waals surface area contributed by atoms with Crippen LogP contribution in [-0.4, -0.2) is 24.3 Å². The van der Waals surface area contributed by atoms with Gasteiger partial charge in [-0.1, -0.05) is 24.3 Å². The number of nitrogens with zero attached hydrogens (tertiary/aromatic N) is 2. The third-order valence-electron chi connectivity index (χ3n) is 3.63. The van der Waals surface area contributed by atoms with E-state index in [0.717, 1.165) is 12.1 Å². The van der Waals surface area contributed by atoms with Crippen LogP contribution in [0.1, 0.15) is 10.4 Å². The summed E-state index contributed by atoms with van der Waals surface area (Å²) in [5, 5.41) is 2.07. The van der Waals surface area contributed by atoms with E-state index in [1.54, 1.807) is 5.38 Å². The number of hydrogen-bond acceptors (Lipinski definition) is 4. The lowest BCUT2D eigenvalue weighted by Crippen LogP contribution is -2.26. The largest absolute Gasteiger partial charge is 0.573 e.